The molecule has 0 aromatic heterocycles. The number of para-hydroxylation sites is 1. The molecule has 0 saturated heterocycles. The van der Waals surface area contributed by atoms with E-state index in [1.54, 1.807) is 7.05 Å². The van der Waals surface area contributed by atoms with Gasteiger partial charge < -0.3 is 10.6 Å². The highest BCUT2D eigenvalue weighted by Crippen LogP contribution is 2.41. The molecule has 1 aliphatic heterocycles. The Morgan fingerprint density at radius 3 is 2.61 bits per heavy atom. The molecule has 1 aliphatic rings. The van der Waals surface area contributed by atoms with E-state index in [4.69, 9.17) is 5.73 Å². The molecule has 0 aliphatic carbocycles. The Morgan fingerprint density at radius 1 is 1.39 bits per heavy atom. The molecular formula is C14H16N2O2. The lowest BCUT2D eigenvalue weighted by atomic mass is 9.72. The van der Waals surface area contributed by atoms with E-state index in [9.17, 15) is 9.59 Å². The van der Waals surface area contributed by atoms with Crippen molar-refractivity contribution in [2.24, 2.45) is 11.7 Å². The molecule has 0 bridgehead atoms. The van der Waals surface area contributed by atoms with Crippen LogP contribution < -0.4 is 10.6 Å². The first kappa shape index (κ1) is 12.6. The molecular weight excluding hydrogens is 228 g/mol. The van der Waals surface area contributed by atoms with Gasteiger partial charge in [0, 0.05) is 18.2 Å². The smallest absolute Gasteiger partial charge is 0.236 e. The van der Waals surface area contributed by atoms with Crippen molar-refractivity contribution in [1.82, 2.24) is 0 Å². The summed E-state index contributed by atoms with van der Waals surface area (Å²) in [5, 5.41) is 0. The average Bonchev–Trinajstić information content (AvgIpc) is 2.40. The van der Waals surface area contributed by atoms with E-state index < -0.39 is 17.2 Å². The maximum Gasteiger partial charge on any atom is 0.236 e. The zero-order valence-electron chi connectivity index (χ0n) is 10.7. The zero-order chi connectivity index (χ0) is 13.5. The molecule has 0 saturated carbocycles. The van der Waals surface area contributed by atoms with Crippen molar-refractivity contribution in [2.75, 3.05) is 11.9 Å². The molecule has 0 fully saturated rings. The standard InChI is InChI=1S/C14H16N2O2/c1-14(2)9-6-4-5-7-11(9)16(3)12(17)8-10(14)13(15)18/h4-7,10H,1-3H3,(H2,15,18). The minimum atomic E-state index is -0.726. The first-order chi connectivity index (χ1) is 8.35. The molecule has 1 heterocycles. The summed E-state index contributed by atoms with van der Waals surface area (Å²) in [5.41, 5.74) is 6.57. The molecule has 2 rings (SSSR count). The number of nitrogens with zero attached hydrogens (tertiary/aromatic N) is 1. The molecule has 2 radical (unpaired) electrons. The fourth-order valence-corrected chi connectivity index (χ4v) is 2.40. The Hall–Kier alpha value is -1.84. The third-order valence-corrected chi connectivity index (χ3v) is 3.54. The largest absolute Gasteiger partial charge is 0.369 e. The number of carbonyl (C=O) groups is 2. The van der Waals surface area contributed by atoms with Gasteiger partial charge in [-0.1, -0.05) is 32.0 Å². The third-order valence-electron chi connectivity index (χ3n) is 3.54. The van der Waals surface area contributed by atoms with Crippen LogP contribution >= 0.6 is 0 Å². The highest BCUT2D eigenvalue weighted by atomic mass is 16.2. The highest BCUT2D eigenvalue weighted by molar-refractivity contribution is 6.04. The van der Waals surface area contributed by atoms with Gasteiger partial charge in [-0.05, 0) is 11.6 Å². The van der Waals surface area contributed by atoms with Crippen LogP contribution in [0.15, 0.2) is 24.3 Å². The molecule has 2 N–H and O–H groups in total. The number of rotatable bonds is 1. The average molecular weight is 244 g/mol. The number of anilines is 1. The number of benzene rings is 1. The topological polar surface area (TPSA) is 63.4 Å². The molecule has 1 unspecified atom stereocenters. The van der Waals surface area contributed by atoms with E-state index in [1.165, 1.54) is 4.90 Å². The summed E-state index contributed by atoms with van der Waals surface area (Å²) in [4.78, 5) is 25.1. The van der Waals surface area contributed by atoms with Gasteiger partial charge in [0.25, 0.3) is 0 Å². The van der Waals surface area contributed by atoms with Crippen LogP contribution in [0, 0.1) is 12.3 Å². The van der Waals surface area contributed by atoms with Crippen molar-refractivity contribution in [3.63, 3.8) is 0 Å². The number of fused-ring (bicyclic) bond motifs is 1. The normalized spacial score (nSPS) is 22.3. The summed E-state index contributed by atoms with van der Waals surface area (Å²) in [6.45, 7) is 3.81. The maximum atomic E-state index is 12.0. The molecule has 1 aromatic carbocycles. The minimum Gasteiger partial charge on any atom is -0.369 e. The highest BCUT2D eigenvalue weighted by Gasteiger charge is 2.42. The quantitative estimate of drug-likeness (QED) is 0.804. The number of amides is 2. The van der Waals surface area contributed by atoms with Crippen molar-refractivity contribution < 1.29 is 9.59 Å². The van der Waals surface area contributed by atoms with Gasteiger partial charge in [0.2, 0.25) is 11.8 Å². The number of hydrogen-bond acceptors (Lipinski definition) is 2. The van der Waals surface area contributed by atoms with Crippen LogP contribution in [0.25, 0.3) is 0 Å². The molecule has 4 heteroatoms. The first-order valence-electron chi connectivity index (χ1n) is 5.78. The van der Waals surface area contributed by atoms with Crippen molar-refractivity contribution >= 4 is 17.5 Å². The first-order valence-corrected chi connectivity index (χ1v) is 5.78. The van der Waals surface area contributed by atoms with Gasteiger partial charge in [-0.3, -0.25) is 9.59 Å². The summed E-state index contributed by atoms with van der Waals surface area (Å²) < 4.78 is 0. The van der Waals surface area contributed by atoms with Crippen molar-refractivity contribution in [3.8, 4) is 0 Å². The monoisotopic (exact) mass is 244 g/mol. The Kier molecular flexibility index (Phi) is 2.89. The van der Waals surface area contributed by atoms with Crippen LogP contribution in [0.5, 0.6) is 0 Å². The van der Waals surface area contributed by atoms with E-state index in [0.29, 0.717) is 0 Å². The van der Waals surface area contributed by atoms with Crippen molar-refractivity contribution in [3.05, 3.63) is 36.2 Å². The van der Waals surface area contributed by atoms with Crippen LogP contribution in [-0.4, -0.2) is 18.9 Å². The minimum absolute atomic E-state index is 0.322. The van der Waals surface area contributed by atoms with Gasteiger partial charge in [-0.15, -0.1) is 0 Å². The Morgan fingerprint density at radius 2 is 2.00 bits per heavy atom. The Bertz CT molecular complexity index is 508. The van der Waals surface area contributed by atoms with Crippen LogP contribution in [0.2, 0.25) is 0 Å². The van der Waals surface area contributed by atoms with Crippen LogP contribution in [0.3, 0.4) is 0 Å². The van der Waals surface area contributed by atoms with Crippen LogP contribution in [0.1, 0.15) is 19.4 Å². The lowest BCUT2D eigenvalue weighted by Gasteiger charge is -2.31. The third kappa shape index (κ3) is 1.78. The fourth-order valence-electron chi connectivity index (χ4n) is 2.40. The van der Waals surface area contributed by atoms with Crippen LogP contribution in [-0.2, 0) is 15.0 Å². The van der Waals surface area contributed by atoms with Crippen LogP contribution in [0.4, 0.5) is 5.69 Å². The van der Waals surface area contributed by atoms with E-state index in [0.717, 1.165) is 11.3 Å². The zero-order valence-corrected chi connectivity index (χ0v) is 10.7. The number of primary amides is 1. The number of carbonyl (C=O) groups excluding carboxylic acids is 2. The lowest BCUT2D eigenvalue weighted by Crippen LogP contribution is -2.39. The fraction of sp³-hybridized carbons (Fsp3) is 0.357. The molecule has 1 atom stereocenters. The second-order valence-corrected chi connectivity index (χ2v) is 5.08. The van der Waals surface area contributed by atoms with E-state index in [-0.39, 0.29) is 5.91 Å². The molecule has 94 valence electrons. The Labute approximate surface area is 107 Å². The lowest BCUT2D eigenvalue weighted by molar-refractivity contribution is -0.125. The van der Waals surface area contributed by atoms with Gasteiger partial charge in [0.1, 0.15) is 0 Å². The number of hydrogen-bond donors (Lipinski definition) is 1. The second kappa shape index (κ2) is 4.12. The second-order valence-electron chi connectivity index (χ2n) is 5.08. The molecule has 4 nitrogen and oxygen atoms in total. The Balaban J connectivity index is 2.66. The molecule has 18 heavy (non-hydrogen) atoms. The summed E-state index contributed by atoms with van der Waals surface area (Å²) in [5.74, 6) is -1.58. The SMILES string of the molecule is CN1C(=O)[C]C(C(N)=O)C(C)(C)c2ccccc21. The van der Waals surface area contributed by atoms with E-state index in [2.05, 4.69) is 6.42 Å². The van der Waals surface area contributed by atoms with Gasteiger partial charge in [-0.25, -0.2) is 0 Å². The summed E-state index contributed by atoms with van der Waals surface area (Å²) in [7, 11) is 1.67. The number of nitrogens with two attached hydrogens (primary N) is 1. The van der Waals surface area contributed by atoms with E-state index >= 15 is 0 Å². The van der Waals surface area contributed by atoms with E-state index in [1.807, 2.05) is 38.1 Å². The molecule has 0 spiro atoms. The summed E-state index contributed by atoms with van der Waals surface area (Å²) >= 11 is 0. The summed E-state index contributed by atoms with van der Waals surface area (Å²) in [6, 6.07) is 7.54. The van der Waals surface area contributed by atoms with Crippen molar-refractivity contribution in [1.29, 1.82) is 0 Å². The van der Waals surface area contributed by atoms with Gasteiger partial charge in [0.15, 0.2) is 0 Å². The predicted octanol–water partition coefficient (Wildman–Crippen LogP) is 1.12. The maximum absolute atomic E-state index is 12.0. The van der Waals surface area contributed by atoms with Crippen molar-refractivity contribution in [2.45, 2.75) is 19.3 Å². The molecule has 2 amide bonds. The van der Waals surface area contributed by atoms with Gasteiger partial charge >= 0.3 is 0 Å². The van der Waals surface area contributed by atoms with Gasteiger partial charge in [-0.2, -0.15) is 0 Å². The predicted molar refractivity (Wildman–Crippen MR) is 68.8 cm³/mol. The molecule has 1 aromatic rings. The van der Waals surface area contributed by atoms with Gasteiger partial charge in [0.05, 0.1) is 12.3 Å². The summed E-state index contributed by atoms with van der Waals surface area (Å²) in [6.07, 6.45) is 2.68.